The van der Waals surface area contributed by atoms with Gasteiger partial charge in [-0.15, -0.1) is 0 Å². The summed E-state index contributed by atoms with van der Waals surface area (Å²) in [5.74, 6) is 0.375. The SMILES string of the molecule is O=C1CCc2cc(-c3cncc(O)c3)ccc21. The Balaban J connectivity index is 2.09. The molecule has 3 nitrogen and oxygen atoms in total. The third-order valence-electron chi connectivity index (χ3n) is 3.08. The van der Waals surface area contributed by atoms with Gasteiger partial charge >= 0.3 is 0 Å². The molecular formula is C14H11NO2. The summed E-state index contributed by atoms with van der Waals surface area (Å²) in [7, 11) is 0. The van der Waals surface area contributed by atoms with Crippen LogP contribution in [0, 0.1) is 0 Å². The average molecular weight is 225 g/mol. The number of aromatic nitrogens is 1. The lowest BCUT2D eigenvalue weighted by atomic mass is 10.0. The van der Waals surface area contributed by atoms with Crippen molar-refractivity contribution in [1.29, 1.82) is 0 Å². The van der Waals surface area contributed by atoms with Gasteiger partial charge in [-0.05, 0) is 23.6 Å². The lowest BCUT2D eigenvalue weighted by Crippen LogP contribution is -1.91. The maximum absolute atomic E-state index is 11.5. The smallest absolute Gasteiger partial charge is 0.163 e. The quantitative estimate of drug-likeness (QED) is 0.811. The minimum atomic E-state index is 0.152. The third kappa shape index (κ3) is 1.69. The van der Waals surface area contributed by atoms with Gasteiger partial charge in [-0.1, -0.05) is 18.2 Å². The van der Waals surface area contributed by atoms with E-state index in [0.29, 0.717) is 6.42 Å². The van der Waals surface area contributed by atoms with Crippen molar-refractivity contribution in [2.24, 2.45) is 0 Å². The number of aryl methyl sites for hydroxylation is 1. The van der Waals surface area contributed by atoms with E-state index in [1.807, 2.05) is 18.2 Å². The Kier molecular flexibility index (Phi) is 2.18. The van der Waals surface area contributed by atoms with Gasteiger partial charge in [0.15, 0.2) is 5.78 Å². The Labute approximate surface area is 98.8 Å². The van der Waals surface area contributed by atoms with Gasteiger partial charge in [0, 0.05) is 23.7 Å². The summed E-state index contributed by atoms with van der Waals surface area (Å²) >= 11 is 0. The van der Waals surface area contributed by atoms with Gasteiger partial charge in [0.25, 0.3) is 0 Å². The number of hydrogen-bond acceptors (Lipinski definition) is 3. The molecule has 1 aliphatic carbocycles. The van der Waals surface area contributed by atoms with Gasteiger partial charge in [0.2, 0.25) is 0 Å². The first kappa shape index (κ1) is 10.0. The third-order valence-corrected chi connectivity index (χ3v) is 3.08. The van der Waals surface area contributed by atoms with E-state index in [4.69, 9.17) is 0 Å². The van der Waals surface area contributed by atoms with Crippen LogP contribution in [0.2, 0.25) is 0 Å². The molecule has 0 atom stereocenters. The standard InChI is InChI=1S/C14H11NO2/c16-12-6-11(7-15-8-12)9-1-3-13-10(5-9)2-4-14(13)17/h1,3,5-8,16H,2,4H2. The summed E-state index contributed by atoms with van der Waals surface area (Å²) in [4.78, 5) is 15.5. The molecule has 1 N–H and O–H groups in total. The van der Waals surface area contributed by atoms with Crippen molar-refractivity contribution in [3.63, 3.8) is 0 Å². The zero-order chi connectivity index (χ0) is 11.8. The van der Waals surface area contributed by atoms with Crippen LogP contribution in [0.15, 0.2) is 36.7 Å². The molecule has 17 heavy (non-hydrogen) atoms. The molecule has 0 amide bonds. The normalized spacial score (nSPS) is 13.8. The zero-order valence-electron chi connectivity index (χ0n) is 9.18. The fourth-order valence-electron chi connectivity index (χ4n) is 2.22. The predicted octanol–water partition coefficient (Wildman–Crippen LogP) is 2.58. The summed E-state index contributed by atoms with van der Waals surface area (Å²) in [6.07, 6.45) is 4.53. The van der Waals surface area contributed by atoms with E-state index in [0.717, 1.165) is 28.7 Å². The number of ketones is 1. The molecule has 0 saturated heterocycles. The highest BCUT2D eigenvalue weighted by atomic mass is 16.3. The Morgan fingerprint density at radius 1 is 1.06 bits per heavy atom. The Bertz CT molecular complexity index is 605. The summed E-state index contributed by atoms with van der Waals surface area (Å²) < 4.78 is 0. The van der Waals surface area contributed by atoms with Gasteiger partial charge in [-0.25, -0.2) is 0 Å². The molecule has 1 aliphatic rings. The van der Waals surface area contributed by atoms with Crippen molar-refractivity contribution < 1.29 is 9.90 Å². The van der Waals surface area contributed by atoms with Crippen molar-refractivity contribution in [3.05, 3.63) is 47.8 Å². The molecule has 3 heteroatoms. The lowest BCUT2D eigenvalue weighted by Gasteiger charge is -2.04. The molecule has 84 valence electrons. The van der Waals surface area contributed by atoms with Gasteiger partial charge < -0.3 is 5.11 Å². The van der Waals surface area contributed by atoms with Crippen molar-refractivity contribution in [1.82, 2.24) is 4.98 Å². The van der Waals surface area contributed by atoms with Gasteiger partial charge in [0.05, 0.1) is 6.20 Å². The minimum Gasteiger partial charge on any atom is -0.506 e. The van der Waals surface area contributed by atoms with E-state index in [1.54, 1.807) is 12.3 Å². The van der Waals surface area contributed by atoms with Crippen LogP contribution in [-0.4, -0.2) is 15.9 Å². The highest BCUT2D eigenvalue weighted by Crippen LogP contribution is 2.28. The van der Waals surface area contributed by atoms with Crippen LogP contribution in [-0.2, 0) is 6.42 Å². The van der Waals surface area contributed by atoms with Crippen LogP contribution in [0.1, 0.15) is 22.3 Å². The number of Topliss-reactive ketones (excluding diaryl/α,β-unsaturated/α-hetero) is 1. The molecule has 1 aromatic heterocycles. The molecule has 3 rings (SSSR count). The first-order valence-electron chi connectivity index (χ1n) is 5.54. The average Bonchev–Trinajstić information content (AvgIpc) is 2.71. The Morgan fingerprint density at radius 2 is 1.94 bits per heavy atom. The Hall–Kier alpha value is -2.16. The van der Waals surface area contributed by atoms with Crippen LogP contribution in [0.5, 0.6) is 5.75 Å². The van der Waals surface area contributed by atoms with Crippen LogP contribution in [0.25, 0.3) is 11.1 Å². The topological polar surface area (TPSA) is 50.2 Å². The number of pyridine rings is 1. The summed E-state index contributed by atoms with van der Waals surface area (Å²) in [6, 6.07) is 7.45. The number of hydrogen-bond donors (Lipinski definition) is 1. The molecule has 0 fully saturated rings. The number of fused-ring (bicyclic) bond motifs is 1. The van der Waals surface area contributed by atoms with Crippen molar-refractivity contribution in [2.45, 2.75) is 12.8 Å². The van der Waals surface area contributed by atoms with E-state index in [2.05, 4.69) is 4.98 Å². The number of nitrogens with zero attached hydrogens (tertiary/aromatic N) is 1. The number of carbonyl (C=O) groups excluding carboxylic acids is 1. The maximum atomic E-state index is 11.5. The summed E-state index contributed by atoms with van der Waals surface area (Å²) in [5.41, 5.74) is 3.78. The minimum absolute atomic E-state index is 0.152. The number of rotatable bonds is 1. The fraction of sp³-hybridized carbons (Fsp3) is 0.143. The second-order valence-electron chi connectivity index (χ2n) is 4.23. The number of carbonyl (C=O) groups is 1. The van der Waals surface area contributed by atoms with E-state index in [9.17, 15) is 9.90 Å². The number of benzene rings is 1. The van der Waals surface area contributed by atoms with Gasteiger partial charge in [-0.2, -0.15) is 0 Å². The fourth-order valence-corrected chi connectivity index (χ4v) is 2.22. The monoisotopic (exact) mass is 225 g/mol. The molecule has 0 spiro atoms. The first-order chi connectivity index (χ1) is 8.24. The van der Waals surface area contributed by atoms with Gasteiger partial charge in [0.1, 0.15) is 5.75 Å². The molecule has 0 aliphatic heterocycles. The predicted molar refractivity (Wildman–Crippen MR) is 64.0 cm³/mol. The van der Waals surface area contributed by atoms with Crippen LogP contribution < -0.4 is 0 Å². The van der Waals surface area contributed by atoms with Crippen LogP contribution in [0.3, 0.4) is 0 Å². The molecular weight excluding hydrogens is 214 g/mol. The summed E-state index contributed by atoms with van der Waals surface area (Å²) in [6.45, 7) is 0. The zero-order valence-corrected chi connectivity index (χ0v) is 9.18. The highest BCUT2D eigenvalue weighted by molar-refractivity contribution is 6.00. The van der Waals surface area contributed by atoms with Crippen molar-refractivity contribution in [3.8, 4) is 16.9 Å². The lowest BCUT2D eigenvalue weighted by molar-refractivity contribution is 0.0994. The van der Waals surface area contributed by atoms with Gasteiger partial charge in [-0.3, -0.25) is 9.78 Å². The molecule has 1 heterocycles. The van der Waals surface area contributed by atoms with E-state index >= 15 is 0 Å². The second-order valence-corrected chi connectivity index (χ2v) is 4.23. The summed E-state index contributed by atoms with van der Waals surface area (Å²) in [5, 5.41) is 9.39. The highest BCUT2D eigenvalue weighted by Gasteiger charge is 2.19. The largest absolute Gasteiger partial charge is 0.506 e. The second kappa shape index (κ2) is 3.70. The molecule has 0 bridgehead atoms. The van der Waals surface area contributed by atoms with E-state index in [-0.39, 0.29) is 11.5 Å². The number of aromatic hydroxyl groups is 1. The first-order valence-corrected chi connectivity index (χ1v) is 5.54. The molecule has 0 unspecified atom stereocenters. The maximum Gasteiger partial charge on any atom is 0.163 e. The molecule has 0 saturated carbocycles. The van der Waals surface area contributed by atoms with E-state index < -0.39 is 0 Å². The van der Waals surface area contributed by atoms with Crippen molar-refractivity contribution >= 4 is 5.78 Å². The Morgan fingerprint density at radius 3 is 2.76 bits per heavy atom. The van der Waals surface area contributed by atoms with Crippen molar-refractivity contribution in [2.75, 3.05) is 0 Å². The van der Waals surface area contributed by atoms with Crippen LogP contribution in [0.4, 0.5) is 0 Å². The molecule has 0 radical (unpaired) electrons. The molecule has 2 aromatic rings. The van der Waals surface area contributed by atoms with Crippen LogP contribution >= 0.6 is 0 Å². The molecule has 1 aromatic carbocycles. The van der Waals surface area contributed by atoms with E-state index in [1.165, 1.54) is 6.20 Å².